The first kappa shape index (κ1) is 18.0. The van der Waals surface area contributed by atoms with Crippen molar-refractivity contribution in [2.45, 2.75) is 39.8 Å². The average molecular weight is 317 g/mol. The molecule has 2 N–H and O–H groups in total. The van der Waals surface area contributed by atoms with Crippen molar-refractivity contribution < 1.29 is 4.79 Å². The van der Waals surface area contributed by atoms with E-state index in [1.807, 2.05) is 0 Å². The largest absolute Gasteiger partial charge is 0.355 e. The molecule has 4 heteroatoms. The Labute approximate surface area is 140 Å². The second-order valence-electron chi connectivity index (χ2n) is 7.05. The van der Waals surface area contributed by atoms with Crippen LogP contribution in [0.5, 0.6) is 0 Å². The summed E-state index contributed by atoms with van der Waals surface area (Å²) >= 11 is 0. The first-order valence-corrected chi connectivity index (χ1v) is 8.78. The van der Waals surface area contributed by atoms with Crippen molar-refractivity contribution in [2.24, 2.45) is 11.8 Å². The van der Waals surface area contributed by atoms with Crippen molar-refractivity contribution >= 4 is 5.91 Å². The summed E-state index contributed by atoms with van der Waals surface area (Å²) in [4.78, 5) is 13.5. The van der Waals surface area contributed by atoms with Gasteiger partial charge in [0.1, 0.15) is 0 Å². The van der Waals surface area contributed by atoms with Crippen LogP contribution in [0.1, 0.15) is 32.8 Å². The van der Waals surface area contributed by atoms with E-state index in [1.165, 1.54) is 12.0 Å². The maximum Gasteiger partial charge on any atom is 0.216 e. The third-order valence-electron chi connectivity index (χ3n) is 4.74. The molecule has 2 atom stereocenters. The fourth-order valence-electron chi connectivity index (χ4n) is 3.29. The van der Waals surface area contributed by atoms with Crippen molar-refractivity contribution in [3.63, 3.8) is 0 Å². The van der Waals surface area contributed by atoms with Gasteiger partial charge in [-0.1, -0.05) is 44.2 Å². The lowest BCUT2D eigenvalue weighted by Crippen LogP contribution is -2.51. The van der Waals surface area contributed by atoms with E-state index in [0.29, 0.717) is 17.9 Å². The number of nitrogens with zero attached hydrogens (tertiary/aromatic N) is 1. The molecular formula is C19H31N3O. The zero-order chi connectivity index (χ0) is 16.7. The molecule has 1 aromatic carbocycles. The molecule has 0 aliphatic carbocycles. The molecule has 0 radical (unpaired) electrons. The Balaban J connectivity index is 1.85. The van der Waals surface area contributed by atoms with Gasteiger partial charge in [0.2, 0.25) is 5.91 Å². The molecule has 1 amide bonds. The van der Waals surface area contributed by atoms with Crippen molar-refractivity contribution in [1.82, 2.24) is 15.5 Å². The van der Waals surface area contributed by atoms with E-state index >= 15 is 0 Å². The molecule has 1 aromatic rings. The van der Waals surface area contributed by atoms with E-state index < -0.39 is 0 Å². The van der Waals surface area contributed by atoms with Crippen LogP contribution in [0.4, 0.5) is 0 Å². The van der Waals surface area contributed by atoms with E-state index in [1.54, 1.807) is 6.92 Å². The molecule has 0 spiro atoms. The highest BCUT2D eigenvalue weighted by molar-refractivity contribution is 5.72. The maximum atomic E-state index is 11.0. The first-order chi connectivity index (χ1) is 11.0. The number of likely N-dealkylation sites (tertiary alicyclic amines) is 1. The van der Waals surface area contributed by atoms with Gasteiger partial charge in [0, 0.05) is 45.7 Å². The minimum Gasteiger partial charge on any atom is -0.355 e. The zero-order valence-corrected chi connectivity index (χ0v) is 14.7. The van der Waals surface area contributed by atoms with Gasteiger partial charge in [-0.05, 0) is 23.8 Å². The number of rotatable bonds is 7. The fourth-order valence-corrected chi connectivity index (χ4v) is 3.29. The second kappa shape index (κ2) is 9.04. The lowest BCUT2D eigenvalue weighted by molar-refractivity contribution is -0.119. The second-order valence-corrected chi connectivity index (χ2v) is 7.05. The Morgan fingerprint density at radius 3 is 2.65 bits per heavy atom. The smallest absolute Gasteiger partial charge is 0.216 e. The Kier molecular flexibility index (Phi) is 7.06. The molecule has 23 heavy (non-hydrogen) atoms. The predicted molar refractivity (Wildman–Crippen MR) is 95.1 cm³/mol. The van der Waals surface area contributed by atoms with Crippen LogP contribution in [-0.2, 0) is 11.3 Å². The Bertz CT molecular complexity index is 475. The van der Waals surface area contributed by atoms with Crippen LogP contribution in [0, 0.1) is 11.8 Å². The molecule has 128 valence electrons. The summed E-state index contributed by atoms with van der Waals surface area (Å²) in [5.41, 5.74) is 1.34. The first-order valence-electron chi connectivity index (χ1n) is 8.78. The molecule has 1 fully saturated rings. The number of piperidine rings is 1. The Morgan fingerprint density at radius 2 is 2.00 bits per heavy atom. The molecular weight excluding hydrogens is 286 g/mol. The molecule has 0 aromatic heterocycles. The lowest BCUT2D eigenvalue weighted by Gasteiger charge is -2.40. The van der Waals surface area contributed by atoms with Gasteiger partial charge in [-0.15, -0.1) is 0 Å². The number of amides is 1. The van der Waals surface area contributed by atoms with E-state index in [-0.39, 0.29) is 5.91 Å². The van der Waals surface area contributed by atoms with Crippen molar-refractivity contribution in [3.05, 3.63) is 35.9 Å². The number of hydrogen-bond acceptors (Lipinski definition) is 3. The topological polar surface area (TPSA) is 44.4 Å². The third kappa shape index (κ3) is 6.32. The highest BCUT2D eigenvalue weighted by atomic mass is 16.1. The van der Waals surface area contributed by atoms with E-state index in [0.717, 1.165) is 32.7 Å². The quantitative estimate of drug-likeness (QED) is 0.811. The summed E-state index contributed by atoms with van der Waals surface area (Å²) < 4.78 is 0. The lowest BCUT2D eigenvalue weighted by atomic mass is 9.85. The highest BCUT2D eigenvalue weighted by Crippen LogP contribution is 2.24. The van der Waals surface area contributed by atoms with Crippen LogP contribution in [0.25, 0.3) is 0 Å². The van der Waals surface area contributed by atoms with Crippen LogP contribution in [0.2, 0.25) is 0 Å². The van der Waals surface area contributed by atoms with Crippen molar-refractivity contribution in [2.75, 3.05) is 26.2 Å². The van der Waals surface area contributed by atoms with Gasteiger partial charge in [-0.25, -0.2) is 0 Å². The number of hydrogen-bond donors (Lipinski definition) is 2. The van der Waals surface area contributed by atoms with Crippen LogP contribution >= 0.6 is 0 Å². The van der Waals surface area contributed by atoms with Gasteiger partial charge in [0.25, 0.3) is 0 Å². The van der Waals surface area contributed by atoms with Crippen LogP contribution in [0.15, 0.2) is 30.3 Å². The van der Waals surface area contributed by atoms with E-state index in [4.69, 9.17) is 0 Å². The van der Waals surface area contributed by atoms with Gasteiger partial charge in [0.05, 0.1) is 0 Å². The van der Waals surface area contributed by atoms with Crippen LogP contribution in [0.3, 0.4) is 0 Å². The summed E-state index contributed by atoms with van der Waals surface area (Å²) in [7, 11) is 0. The summed E-state index contributed by atoms with van der Waals surface area (Å²) in [6.45, 7) is 11.0. The fraction of sp³-hybridized carbons (Fsp3) is 0.632. The van der Waals surface area contributed by atoms with Crippen molar-refractivity contribution in [1.29, 1.82) is 0 Å². The van der Waals surface area contributed by atoms with E-state index in [9.17, 15) is 4.79 Å². The Morgan fingerprint density at radius 1 is 1.26 bits per heavy atom. The van der Waals surface area contributed by atoms with Gasteiger partial charge in [-0.2, -0.15) is 0 Å². The number of carbonyl (C=O) groups is 1. The normalized spacial score (nSPS) is 22.3. The number of benzene rings is 1. The zero-order valence-electron chi connectivity index (χ0n) is 14.7. The maximum absolute atomic E-state index is 11.0. The molecule has 0 saturated carbocycles. The molecule has 1 aliphatic heterocycles. The minimum atomic E-state index is 0.0566. The summed E-state index contributed by atoms with van der Waals surface area (Å²) in [6.07, 6.45) is 1.24. The molecule has 4 nitrogen and oxygen atoms in total. The number of nitrogens with one attached hydrogen (secondary N) is 2. The Hall–Kier alpha value is -1.39. The van der Waals surface area contributed by atoms with E-state index in [2.05, 4.69) is 59.7 Å². The summed E-state index contributed by atoms with van der Waals surface area (Å²) in [5, 5.41) is 6.63. The monoisotopic (exact) mass is 317 g/mol. The van der Waals surface area contributed by atoms with Crippen molar-refractivity contribution in [3.8, 4) is 0 Å². The highest BCUT2D eigenvalue weighted by Gasteiger charge is 2.28. The molecule has 1 heterocycles. The van der Waals surface area contributed by atoms with Gasteiger partial charge in [-0.3, -0.25) is 9.69 Å². The third-order valence-corrected chi connectivity index (χ3v) is 4.74. The summed E-state index contributed by atoms with van der Waals surface area (Å²) in [5.74, 6) is 1.47. The van der Waals surface area contributed by atoms with Crippen LogP contribution < -0.4 is 10.6 Å². The van der Waals surface area contributed by atoms with Gasteiger partial charge < -0.3 is 10.6 Å². The van der Waals surface area contributed by atoms with Gasteiger partial charge in [0.15, 0.2) is 0 Å². The predicted octanol–water partition coefficient (Wildman–Crippen LogP) is 2.26. The molecule has 1 saturated heterocycles. The minimum absolute atomic E-state index is 0.0566. The SMILES string of the molecule is CC(=O)NCCN1CC(NCc2ccccc2)CC(C(C)C)C1. The number of carbonyl (C=O) groups excluding carboxylic acids is 1. The molecule has 0 bridgehead atoms. The molecule has 2 rings (SSSR count). The summed E-state index contributed by atoms with van der Waals surface area (Å²) in [6, 6.07) is 11.1. The van der Waals surface area contributed by atoms with Crippen LogP contribution in [-0.4, -0.2) is 43.0 Å². The molecule has 2 unspecified atom stereocenters. The van der Waals surface area contributed by atoms with Gasteiger partial charge >= 0.3 is 0 Å². The molecule has 1 aliphatic rings. The standard InChI is InChI=1S/C19H31N3O/c1-15(2)18-11-19(21-12-17-7-5-4-6-8-17)14-22(13-18)10-9-20-16(3)23/h4-8,15,18-19,21H,9-14H2,1-3H3,(H,20,23). The average Bonchev–Trinajstić information content (AvgIpc) is 2.53.